The number of hydrogen-bond donors (Lipinski definition) is 1. The molecule has 0 bridgehead atoms. The summed E-state index contributed by atoms with van der Waals surface area (Å²) in [6, 6.07) is 0.682. The second-order valence-corrected chi connectivity index (χ2v) is 4.81. The van der Waals surface area contributed by atoms with Crippen molar-refractivity contribution in [3.8, 4) is 0 Å². The van der Waals surface area contributed by atoms with E-state index in [2.05, 4.69) is 45.0 Å². The van der Waals surface area contributed by atoms with Crippen LogP contribution in [0.15, 0.2) is 0 Å². The van der Waals surface area contributed by atoms with Crippen molar-refractivity contribution in [1.29, 1.82) is 0 Å². The van der Waals surface area contributed by atoms with Crippen LogP contribution in [0.5, 0.6) is 0 Å². The van der Waals surface area contributed by atoms with Gasteiger partial charge in [0.25, 0.3) is 0 Å². The van der Waals surface area contributed by atoms with Crippen molar-refractivity contribution >= 4 is 0 Å². The number of hydrogen-bond acceptors (Lipinski definition) is 2. The predicted octanol–water partition coefficient (Wildman–Crippen LogP) is 2.74. The Bertz CT molecular complexity index is 134. The fourth-order valence-electron chi connectivity index (χ4n) is 1.97. The molecular weight excluding hydrogens is 184 g/mol. The summed E-state index contributed by atoms with van der Waals surface area (Å²) in [5.74, 6) is 0.732. The second kappa shape index (κ2) is 9.17. The maximum Gasteiger partial charge on any atom is 0.0240 e. The number of nitrogens with one attached hydrogen (secondary N) is 1. The first kappa shape index (κ1) is 14.9. The molecular formula is C13H30N2. The molecule has 0 fully saturated rings. The standard InChI is InChI=1S/C13H30N2/c1-6-8-9-10-15(5)13(12(3)4)11-14-7-2/h12-14H,6-11H2,1-5H3. The van der Waals surface area contributed by atoms with E-state index in [0.29, 0.717) is 6.04 Å². The molecule has 0 rings (SSSR count). The highest BCUT2D eigenvalue weighted by molar-refractivity contribution is 4.74. The van der Waals surface area contributed by atoms with E-state index in [1.165, 1.54) is 25.8 Å². The molecule has 0 saturated heterocycles. The van der Waals surface area contributed by atoms with E-state index in [9.17, 15) is 0 Å². The van der Waals surface area contributed by atoms with Crippen LogP contribution in [0.3, 0.4) is 0 Å². The van der Waals surface area contributed by atoms with Crippen LogP contribution in [0.1, 0.15) is 47.0 Å². The SMILES string of the molecule is CCCCCN(C)C(CNCC)C(C)C. The summed E-state index contributed by atoms with van der Waals surface area (Å²) in [6.45, 7) is 12.5. The summed E-state index contributed by atoms with van der Waals surface area (Å²) in [5, 5.41) is 3.46. The Morgan fingerprint density at radius 2 is 1.80 bits per heavy atom. The Kier molecular flexibility index (Phi) is 9.12. The van der Waals surface area contributed by atoms with Crippen molar-refractivity contribution in [1.82, 2.24) is 10.2 Å². The summed E-state index contributed by atoms with van der Waals surface area (Å²) in [7, 11) is 2.26. The van der Waals surface area contributed by atoms with Gasteiger partial charge in [0.15, 0.2) is 0 Å². The molecule has 1 atom stereocenters. The molecule has 0 spiro atoms. The monoisotopic (exact) mass is 214 g/mol. The van der Waals surface area contributed by atoms with Gasteiger partial charge in [-0.2, -0.15) is 0 Å². The van der Waals surface area contributed by atoms with Crippen LogP contribution in [-0.2, 0) is 0 Å². The molecule has 2 heteroatoms. The van der Waals surface area contributed by atoms with Gasteiger partial charge < -0.3 is 10.2 Å². The second-order valence-electron chi connectivity index (χ2n) is 4.81. The largest absolute Gasteiger partial charge is 0.315 e. The first-order valence-corrected chi connectivity index (χ1v) is 6.54. The average molecular weight is 214 g/mol. The van der Waals surface area contributed by atoms with Crippen LogP contribution in [-0.4, -0.2) is 37.6 Å². The molecule has 0 aliphatic carbocycles. The minimum absolute atomic E-state index is 0.682. The van der Waals surface area contributed by atoms with Crippen LogP contribution in [0.25, 0.3) is 0 Å². The molecule has 15 heavy (non-hydrogen) atoms. The third kappa shape index (κ3) is 6.91. The highest BCUT2D eigenvalue weighted by Gasteiger charge is 2.17. The van der Waals surface area contributed by atoms with Gasteiger partial charge in [-0.25, -0.2) is 0 Å². The summed E-state index contributed by atoms with van der Waals surface area (Å²) >= 11 is 0. The highest BCUT2D eigenvalue weighted by Crippen LogP contribution is 2.09. The maximum atomic E-state index is 3.46. The Labute approximate surface area is 96.4 Å². The molecule has 2 nitrogen and oxygen atoms in total. The smallest absolute Gasteiger partial charge is 0.0240 e. The number of rotatable bonds is 9. The lowest BCUT2D eigenvalue weighted by molar-refractivity contribution is 0.185. The van der Waals surface area contributed by atoms with Gasteiger partial charge in [0.05, 0.1) is 0 Å². The Morgan fingerprint density at radius 1 is 1.13 bits per heavy atom. The van der Waals surface area contributed by atoms with Crippen molar-refractivity contribution in [3.63, 3.8) is 0 Å². The zero-order valence-electron chi connectivity index (χ0n) is 11.3. The van der Waals surface area contributed by atoms with E-state index in [1.54, 1.807) is 0 Å². The summed E-state index contributed by atoms with van der Waals surface area (Å²) < 4.78 is 0. The van der Waals surface area contributed by atoms with Crippen molar-refractivity contribution in [2.45, 2.75) is 53.0 Å². The molecule has 0 aliphatic heterocycles. The van der Waals surface area contributed by atoms with Gasteiger partial charge in [-0.15, -0.1) is 0 Å². The zero-order valence-corrected chi connectivity index (χ0v) is 11.3. The van der Waals surface area contributed by atoms with E-state index in [4.69, 9.17) is 0 Å². The first-order chi connectivity index (χ1) is 7.13. The number of likely N-dealkylation sites (N-methyl/N-ethyl adjacent to an activating group) is 2. The van der Waals surface area contributed by atoms with Crippen LogP contribution < -0.4 is 5.32 Å². The topological polar surface area (TPSA) is 15.3 Å². The lowest BCUT2D eigenvalue weighted by Crippen LogP contribution is -2.43. The molecule has 0 amide bonds. The fourth-order valence-corrected chi connectivity index (χ4v) is 1.97. The predicted molar refractivity (Wildman–Crippen MR) is 69.3 cm³/mol. The van der Waals surface area contributed by atoms with Gasteiger partial charge in [-0.1, -0.05) is 40.5 Å². The van der Waals surface area contributed by atoms with Gasteiger partial charge in [0.2, 0.25) is 0 Å². The third-order valence-electron chi connectivity index (χ3n) is 3.05. The third-order valence-corrected chi connectivity index (χ3v) is 3.05. The van der Waals surface area contributed by atoms with Crippen LogP contribution in [0, 0.1) is 5.92 Å². The lowest BCUT2D eigenvalue weighted by atomic mass is 10.0. The van der Waals surface area contributed by atoms with Crippen molar-refractivity contribution < 1.29 is 0 Å². The molecule has 0 radical (unpaired) electrons. The highest BCUT2D eigenvalue weighted by atomic mass is 15.1. The minimum Gasteiger partial charge on any atom is -0.315 e. The first-order valence-electron chi connectivity index (χ1n) is 6.54. The van der Waals surface area contributed by atoms with Gasteiger partial charge in [-0.05, 0) is 32.5 Å². The van der Waals surface area contributed by atoms with Gasteiger partial charge >= 0.3 is 0 Å². The summed E-state index contributed by atoms with van der Waals surface area (Å²) in [6.07, 6.45) is 4.01. The van der Waals surface area contributed by atoms with Gasteiger partial charge in [0.1, 0.15) is 0 Å². The van der Waals surface area contributed by atoms with E-state index in [1.807, 2.05) is 0 Å². The molecule has 0 saturated carbocycles. The van der Waals surface area contributed by atoms with Crippen LogP contribution >= 0.6 is 0 Å². The molecule has 1 N–H and O–H groups in total. The van der Waals surface area contributed by atoms with E-state index in [0.717, 1.165) is 19.0 Å². The lowest BCUT2D eigenvalue weighted by Gasteiger charge is -2.31. The average Bonchev–Trinajstić information content (AvgIpc) is 2.18. The number of nitrogens with zero attached hydrogens (tertiary/aromatic N) is 1. The summed E-state index contributed by atoms with van der Waals surface area (Å²) in [5.41, 5.74) is 0. The molecule has 0 heterocycles. The maximum absolute atomic E-state index is 3.46. The van der Waals surface area contributed by atoms with Crippen molar-refractivity contribution in [3.05, 3.63) is 0 Å². The van der Waals surface area contributed by atoms with Crippen LogP contribution in [0.4, 0.5) is 0 Å². The molecule has 1 unspecified atom stereocenters. The molecule has 0 aromatic rings. The van der Waals surface area contributed by atoms with Gasteiger partial charge in [0, 0.05) is 12.6 Å². The molecule has 0 aromatic carbocycles. The Morgan fingerprint density at radius 3 is 2.27 bits per heavy atom. The van der Waals surface area contributed by atoms with E-state index >= 15 is 0 Å². The van der Waals surface area contributed by atoms with Crippen molar-refractivity contribution in [2.75, 3.05) is 26.7 Å². The zero-order chi connectivity index (χ0) is 11.7. The molecule has 0 aromatic heterocycles. The van der Waals surface area contributed by atoms with E-state index < -0.39 is 0 Å². The minimum atomic E-state index is 0.682. The van der Waals surface area contributed by atoms with Crippen molar-refractivity contribution in [2.24, 2.45) is 5.92 Å². The quantitative estimate of drug-likeness (QED) is 0.594. The molecule has 92 valence electrons. The Balaban J connectivity index is 3.87. The summed E-state index contributed by atoms with van der Waals surface area (Å²) in [4.78, 5) is 2.52. The number of unbranched alkanes of at least 4 members (excludes halogenated alkanes) is 2. The van der Waals surface area contributed by atoms with Crippen LogP contribution in [0.2, 0.25) is 0 Å². The Hall–Kier alpha value is -0.0800. The fraction of sp³-hybridized carbons (Fsp3) is 1.00. The van der Waals surface area contributed by atoms with E-state index in [-0.39, 0.29) is 0 Å². The normalized spacial score (nSPS) is 13.8. The molecule has 0 aliphatic rings. The van der Waals surface area contributed by atoms with Gasteiger partial charge in [-0.3, -0.25) is 0 Å².